The summed E-state index contributed by atoms with van der Waals surface area (Å²) >= 11 is 0. The van der Waals surface area contributed by atoms with Crippen molar-refractivity contribution in [2.75, 3.05) is 5.75 Å². The number of rotatable bonds is 10. The lowest BCUT2D eigenvalue weighted by Crippen LogP contribution is -2.48. The number of fused-ring (bicyclic) bond motifs is 1. The van der Waals surface area contributed by atoms with E-state index in [0.717, 1.165) is 6.42 Å². The second-order valence-corrected chi connectivity index (χ2v) is 17.3. The third kappa shape index (κ3) is 5.14. The summed E-state index contributed by atoms with van der Waals surface area (Å²) in [6.45, 7) is 11.8. The topological polar surface area (TPSA) is 43.4 Å². The molecule has 0 radical (unpaired) electrons. The van der Waals surface area contributed by atoms with Gasteiger partial charge >= 0.3 is 0 Å². The average Bonchev–Trinajstić information content (AvgIpc) is 3.14. The summed E-state index contributed by atoms with van der Waals surface area (Å²) in [5.74, 6) is 1.94. The fraction of sp³-hybridized carbons (Fsp3) is 0.769. The highest BCUT2D eigenvalue weighted by atomic mass is 32.2. The van der Waals surface area contributed by atoms with Gasteiger partial charge in [0.15, 0.2) is 18.2 Å². The Morgan fingerprint density at radius 1 is 1.06 bits per heavy atom. The van der Waals surface area contributed by atoms with E-state index >= 15 is 0 Å². The molecule has 0 heterocycles. The molecular weight excluding hydrogens is 420 g/mol. The fourth-order valence-electron chi connectivity index (χ4n) is 6.84. The van der Waals surface area contributed by atoms with E-state index in [0.29, 0.717) is 34.2 Å². The highest BCUT2D eigenvalue weighted by Crippen LogP contribution is 2.59. The molecule has 1 aromatic rings. The summed E-state index contributed by atoms with van der Waals surface area (Å²) in [6, 6.07) is 12.6. The van der Waals surface area contributed by atoms with Gasteiger partial charge < -0.3 is 4.43 Å². The van der Waals surface area contributed by atoms with Crippen molar-refractivity contribution in [2.45, 2.75) is 102 Å². The SMILES string of the molecule is CC[Si](CC)(CC)O[C@H]1CCC[C@]2(C)C([C@H](C)CCS(=O)(=O)c3ccccc3)CC[C@@H]12. The first-order valence-corrected chi connectivity index (χ1v) is 16.8. The van der Waals surface area contributed by atoms with E-state index in [2.05, 4.69) is 34.6 Å². The molecule has 0 spiro atoms. The predicted octanol–water partition coefficient (Wildman–Crippen LogP) is 7.09. The zero-order valence-corrected chi connectivity index (χ0v) is 22.2. The molecule has 2 fully saturated rings. The van der Waals surface area contributed by atoms with Crippen molar-refractivity contribution in [3.8, 4) is 0 Å². The summed E-state index contributed by atoms with van der Waals surface area (Å²) in [5, 5.41) is 0. The van der Waals surface area contributed by atoms with Crippen molar-refractivity contribution < 1.29 is 12.8 Å². The monoisotopic (exact) mass is 464 g/mol. The van der Waals surface area contributed by atoms with Crippen LogP contribution in [0.15, 0.2) is 35.2 Å². The zero-order chi connectivity index (χ0) is 22.7. The van der Waals surface area contributed by atoms with Crippen molar-refractivity contribution in [1.82, 2.24) is 0 Å². The summed E-state index contributed by atoms with van der Waals surface area (Å²) in [7, 11) is -4.80. The lowest BCUT2D eigenvalue weighted by molar-refractivity contribution is -0.0196. The molecule has 0 bridgehead atoms. The van der Waals surface area contributed by atoms with Crippen molar-refractivity contribution in [1.29, 1.82) is 0 Å². The minimum absolute atomic E-state index is 0.257. The van der Waals surface area contributed by atoms with E-state index in [9.17, 15) is 8.42 Å². The molecule has 1 aromatic carbocycles. The first-order valence-electron chi connectivity index (χ1n) is 12.7. The van der Waals surface area contributed by atoms with E-state index in [4.69, 9.17) is 4.43 Å². The highest BCUT2D eigenvalue weighted by molar-refractivity contribution is 7.91. The van der Waals surface area contributed by atoms with Crippen LogP contribution in [0.1, 0.15) is 73.1 Å². The minimum Gasteiger partial charge on any atom is -0.414 e. The molecule has 1 unspecified atom stereocenters. The Morgan fingerprint density at radius 2 is 1.71 bits per heavy atom. The van der Waals surface area contributed by atoms with Crippen LogP contribution in [0.5, 0.6) is 0 Å². The zero-order valence-electron chi connectivity index (χ0n) is 20.4. The molecule has 2 aliphatic rings. The summed E-state index contributed by atoms with van der Waals surface area (Å²) in [6.07, 6.45) is 7.42. The number of hydrogen-bond donors (Lipinski definition) is 0. The Morgan fingerprint density at radius 3 is 2.32 bits per heavy atom. The molecule has 0 aromatic heterocycles. The smallest absolute Gasteiger partial charge is 0.192 e. The lowest BCUT2D eigenvalue weighted by Gasteiger charge is -2.49. The maximum Gasteiger partial charge on any atom is 0.192 e. The molecule has 5 atom stereocenters. The Hall–Kier alpha value is -0.653. The first-order chi connectivity index (χ1) is 14.7. The van der Waals surface area contributed by atoms with E-state index in [-0.39, 0.29) is 5.75 Å². The van der Waals surface area contributed by atoms with Crippen molar-refractivity contribution in [2.24, 2.45) is 23.2 Å². The third-order valence-electron chi connectivity index (χ3n) is 9.10. The normalized spacial score (nSPS) is 30.2. The van der Waals surface area contributed by atoms with Gasteiger partial charge in [-0.1, -0.05) is 59.2 Å². The molecule has 0 saturated heterocycles. The van der Waals surface area contributed by atoms with E-state index in [1.807, 2.05) is 18.2 Å². The molecule has 0 N–H and O–H groups in total. The second kappa shape index (κ2) is 10.1. The Bertz CT molecular complexity index is 797. The third-order valence-corrected chi connectivity index (χ3v) is 15.5. The molecule has 176 valence electrons. The van der Waals surface area contributed by atoms with Crippen LogP contribution in [0.2, 0.25) is 18.1 Å². The van der Waals surface area contributed by atoms with Gasteiger partial charge in [-0.3, -0.25) is 0 Å². The van der Waals surface area contributed by atoms with E-state index in [1.54, 1.807) is 12.1 Å². The van der Waals surface area contributed by atoms with Crippen molar-refractivity contribution in [3.05, 3.63) is 30.3 Å². The van der Waals surface area contributed by atoms with Gasteiger partial charge in [0.05, 0.1) is 10.6 Å². The van der Waals surface area contributed by atoms with Gasteiger partial charge in [0.2, 0.25) is 0 Å². The van der Waals surface area contributed by atoms with Crippen LogP contribution in [-0.4, -0.2) is 28.6 Å². The summed E-state index contributed by atoms with van der Waals surface area (Å²) in [5.41, 5.74) is 0.300. The quantitative estimate of drug-likeness (QED) is 0.347. The lowest BCUT2D eigenvalue weighted by atomic mass is 9.61. The Balaban J connectivity index is 1.68. The van der Waals surface area contributed by atoms with Crippen molar-refractivity contribution in [3.63, 3.8) is 0 Å². The van der Waals surface area contributed by atoms with Gasteiger partial charge in [-0.05, 0) is 85.5 Å². The van der Waals surface area contributed by atoms with Gasteiger partial charge in [-0.15, -0.1) is 0 Å². The fourth-order valence-corrected chi connectivity index (χ4v) is 11.3. The molecule has 2 aliphatic carbocycles. The number of benzene rings is 1. The molecule has 3 nitrogen and oxygen atoms in total. The summed E-state index contributed by atoms with van der Waals surface area (Å²) < 4.78 is 32.7. The summed E-state index contributed by atoms with van der Waals surface area (Å²) in [4.78, 5) is 0.462. The average molecular weight is 465 g/mol. The van der Waals surface area contributed by atoms with Gasteiger partial charge in [0, 0.05) is 6.10 Å². The molecular formula is C26H44O3SSi. The van der Waals surface area contributed by atoms with Crippen LogP contribution in [0.25, 0.3) is 0 Å². The largest absolute Gasteiger partial charge is 0.414 e. The van der Waals surface area contributed by atoms with Gasteiger partial charge in [-0.2, -0.15) is 0 Å². The van der Waals surface area contributed by atoms with Crippen LogP contribution >= 0.6 is 0 Å². The molecule has 2 saturated carbocycles. The maximum absolute atomic E-state index is 12.8. The number of hydrogen-bond acceptors (Lipinski definition) is 3. The molecule has 3 rings (SSSR count). The molecule has 31 heavy (non-hydrogen) atoms. The standard InChI is InChI=1S/C26H44O3SSi/c1-6-31(7-2,8-3)29-25-15-12-19-26(5)23(16-17-24(25)26)21(4)18-20-30(27,28)22-13-10-9-11-14-22/h9-11,13-14,21,23-25H,6-8,12,15-20H2,1-5H3/t21-,23?,24+,25+,26-/m1/s1. The van der Waals surface area contributed by atoms with Crippen LogP contribution < -0.4 is 0 Å². The number of sulfone groups is 1. The Kier molecular flexibility index (Phi) is 8.13. The highest BCUT2D eigenvalue weighted by Gasteiger charge is 2.53. The van der Waals surface area contributed by atoms with Gasteiger partial charge in [-0.25, -0.2) is 8.42 Å². The molecule has 5 heteroatoms. The maximum atomic E-state index is 12.8. The molecule has 0 amide bonds. The predicted molar refractivity (Wildman–Crippen MR) is 133 cm³/mol. The van der Waals surface area contributed by atoms with E-state index < -0.39 is 18.2 Å². The second-order valence-electron chi connectivity index (χ2n) is 10.5. The van der Waals surface area contributed by atoms with Crippen LogP contribution in [0, 0.1) is 23.2 Å². The Labute approximate surface area is 192 Å². The van der Waals surface area contributed by atoms with Gasteiger partial charge in [0.1, 0.15) is 0 Å². The van der Waals surface area contributed by atoms with E-state index in [1.165, 1.54) is 50.2 Å². The van der Waals surface area contributed by atoms with Crippen LogP contribution in [0.3, 0.4) is 0 Å². The van der Waals surface area contributed by atoms with Crippen molar-refractivity contribution >= 4 is 18.2 Å². The molecule has 0 aliphatic heterocycles. The van der Waals surface area contributed by atoms with Crippen LogP contribution in [-0.2, 0) is 14.3 Å². The van der Waals surface area contributed by atoms with Crippen LogP contribution in [0.4, 0.5) is 0 Å². The van der Waals surface area contributed by atoms with Gasteiger partial charge in [0.25, 0.3) is 0 Å². The first kappa shape index (κ1) is 25.0. The minimum atomic E-state index is -3.20.